The van der Waals surface area contributed by atoms with E-state index in [9.17, 15) is 0 Å². The third kappa shape index (κ3) is 283. The zero-order valence-electron chi connectivity index (χ0n) is 4.18. The van der Waals surface area contributed by atoms with Gasteiger partial charge in [-0.2, -0.15) is 0 Å². The van der Waals surface area contributed by atoms with Crippen molar-refractivity contribution in [2.75, 3.05) is 0 Å². The molecule has 0 aliphatic rings. The molecule has 0 saturated carbocycles. The second-order valence-corrected chi connectivity index (χ2v) is 0. The third-order valence-electron chi connectivity index (χ3n) is 0. The zero-order valence-corrected chi connectivity index (χ0v) is 8.62. The maximum atomic E-state index is 0. The fraction of sp³-hybridized carbons (Fsp3) is 0. The first-order valence-electron chi connectivity index (χ1n) is 0. The van der Waals surface area contributed by atoms with Crippen LogP contribution in [-0.4, -0.2) is 62.8 Å². The Morgan fingerprint density at radius 2 is 0.300 bits per heavy atom. The summed E-state index contributed by atoms with van der Waals surface area (Å²) in [6.45, 7) is 0. The van der Waals surface area contributed by atoms with Crippen molar-refractivity contribution in [2.24, 2.45) is 0 Å². The summed E-state index contributed by atoms with van der Waals surface area (Å²) < 4.78 is 0. The molecule has 0 aliphatic heterocycles. The van der Waals surface area contributed by atoms with Crippen LogP contribution in [0, 0.1) is 0 Å². The summed E-state index contributed by atoms with van der Waals surface area (Å²) >= 11 is 0. The molecule has 7 N–H and O–H groups in total. The predicted octanol–water partition coefficient (Wildman–Crippen LogP) is -1.62. The summed E-state index contributed by atoms with van der Waals surface area (Å²) in [4.78, 5) is 0. The number of hydrogen-bond donors (Lipinski definition) is 0. The molecule has 0 saturated heterocycles. The fourth-order valence-corrected chi connectivity index (χ4v) is 0. The Labute approximate surface area is 96.5 Å². The van der Waals surface area contributed by atoms with Gasteiger partial charge >= 0.3 is 58.6 Å². The van der Waals surface area contributed by atoms with E-state index in [1.165, 1.54) is 0 Å². The second kappa shape index (κ2) is 390. The predicted molar refractivity (Wildman–Crippen MR) is 19.3 cm³/mol. The van der Waals surface area contributed by atoms with Crippen LogP contribution >= 0.6 is 0 Å². The summed E-state index contributed by atoms with van der Waals surface area (Å²) in [6, 6.07) is 0. The molecule has 10 heavy (non-hydrogen) atoms. The van der Waals surface area contributed by atoms with E-state index < -0.39 is 0 Å². The Balaban J connectivity index is 0. The van der Waals surface area contributed by atoms with Crippen molar-refractivity contribution in [3.05, 3.63) is 0 Å². The number of rotatable bonds is 0. The van der Waals surface area contributed by atoms with Crippen molar-refractivity contribution in [3.8, 4) is 0 Å². The molecule has 0 aromatic heterocycles. The maximum Gasteiger partial charge on any atom is 3.00 e. The van der Waals surface area contributed by atoms with Crippen LogP contribution in [0.2, 0.25) is 0 Å². The Bertz CT molecular complexity index is 11.6. The molecule has 0 atom stereocenters. The molecule has 0 aromatic rings. The van der Waals surface area contributed by atoms with E-state index in [0.29, 0.717) is 0 Å². The minimum atomic E-state index is 0. The van der Waals surface area contributed by atoms with Crippen LogP contribution in [0.3, 0.4) is 0 Å². The van der Waals surface area contributed by atoms with Crippen molar-refractivity contribution < 1.29 is 72.5 Å². The quantitative estimate of drug-likeness (QED) is 0.455. The minimum absolute atomic E-state index is 0. The molecule has 76 valence electrons. The van der Waals surface area contributed by atoms with Gasteiger partial charge in [-0.05, 0) is 0 Å². The molecule has 0 amide bonds. The van der Waals surface area contributed by atoms with Gasteiger partial charge in [-0.15, -0.1) is 0 Å². The molecule has 0 aromatic carbocycles. The summed E-state index contributed by atoms with van der Waals surface area (Å²) in [6.07, 6.45) is 0. The van der Waals surface area contributed by atoms with Crippen LogP contribution < -0.4 is 0 Å². The van der Waals surface area contributed by atoms with Crippen LogP contribution in [0.25, 0.3) is 0 Å². The topological polar surface area (TPSA) is 210 Å². The van der Waals surface area contributed by atoms with Crippen molar-refractivity contribution in [1.29, 1.82) is 0 Å². The van der Waals surface area contributed by atoms with Gasteiger partial charge < -0.3 is 38.3 Å². The van der Waals surface area contributed by atoms with Gasteiger partial charge in [0.1, 0.15) is 0 Å². The summed E-state index contributed by atoms with van der Waals surface area (Å²) in [7, 11) is 0. The molecular formula is H7Cu2O7Sb. The van der Waals surface area contributed by atoms with Gasteiger partial charge in [0.15, 0.2) is 0 Å². The minimum Gasteiger partial charge on any atom is -0.870 e. The van der Waals surface area contributed by atoms with Gasteiger partial charge in [-0.25, -0.2) is 0 Å². The molecule has 4 radical (unpaired) electrons. The summed E-state index contributed by atoms with van der Waals surface area (Å²) in [5, 5.41) is 0. The molecule has 7 nitrogen and oxygen atoms in total. The first-order chi connectivity index (χ1) is 0. The molecule has 10 heteroatoms. The normalized spacial score (nSPS) is 0. The Kier molecular flexibility index (Phi) is 20300. The van der Waals surface area contributed by atoms with Crippen LogP contribution in [0.15, 0.2) is 0 Å². The smallest absolute Gasteiger partial charge is 0.870 e. The molecule has 0 unspecified atom stereocenters. The number of hydrogen-bond acceptors (Lipinski definition) is 7. The maximum absolute atomic E-state index is 0. The molecule has 0 bridgehead atoms. The molecule has 0 rings (SSSR count). The van der Waals surface area contributed by atoms with Gasteiger partial charge in [0.2, 0.25) is 0 Å². The van der Waals surface area contributed by atoms with Crippen molar-refractivity contribution in [2.45, 2.75) is 0 Å². The van der Waals surface area contributed by atoms with Gasteiger partial charge in [-0.3, -0.25) is 0 Å². The van der Waals surface area contributed by atoms with E-state index in [1.54, 1.807) is 0 Å². The van der Waals surface area contributed by atoms with Crippen LogP contribution in [0.1, 0.15) is 0 Å². The van der Waals surface area contributed by atoms with E-state index >= 15 is 0 Å². The van der Waals surface area contributed by atoms with Gasteiger partial charge in [0.05, 0.1) is 0 Å². The SMILES string of the molecule is [Cu+2].[Cu+2].[OH-].[OH-].[OH-].[OH-].[OH-].[OH-].[OH-].[Sb+3]. The Hall–Kier alpha value is 1.58. The largest absolute Gasteiger partial charge is 3.00 e. The molecular weight excluding hydrogens is 361 g/mol. The van der Waals surface area contributed by atoms with Crippen molar-refractivity contribution in [3.63, 3.8) is 0 Å². The average Bonchev–Trinajstić information content (AvgIpc) is 0. The van der Waals surface area contributed by atoms with Crippen molar-refractivity contribution in [1.82, 2.24) is 0 Å². The Morgan fingerprint density at radius 1 is 0.300 bits per heavy atom. The van der Waals surface area contributed by atoms with E-state index in [2.05, 4.69) is 0 Å². The van der Waals surface area contributed by atoms with E-state index in [4.69, 9.17) is 0 Å². The zero-order chi connectivity index (χ0) is 0. The van der Waals surface area contributed by atoms with Gasteiger partial charge in [-0.1, -0.05) is 0 Å². The third-order valence-corrected chi connectivity index (χ3v) is 0. The monoisotopic (exact) mass is 366 g/mol. The first-order valence-corrected chi connectivity index (χ1v) is 0. The molecule has 0 spiro atoms. The van der Waals surface area contributed by atoms with E-state index in [1.807, 2.05) is 0 Å². The van der Waals surface area contributed by atoms with E-state index in [-0.39, 0.29) is 96.9 Å². The molecule has 0 aliphatic carbocycles. The Morgan fingerprint density at radius 3 is 0.300 bits per heavy atom. The summed E-state index contributed by atoms with van der Waals surface area (Å²) in [5.41, 5.74) is 0. The van der Waals surface area contributed by atoms with Crippen LogP contribution in [0.5, 0.6) is 0 Å². The standard InChI is InChI=1S/2Cu.7H2O.Sb/h;;7*1H2;/q2*+2;;;;;;;;+3/p-7. The van der Waals surface area contributed by atoms with Crippen LogP contribution in [-0.2, 0) is 34.1 Å². The van der Waals surface area contributed by atoms with Crippen molar-refractivity contribution >= 4 is 24.4 Å². The second-order valence-electron chi connectivity index (χ2n) is 0. The van der Waals surface area contributed by atoms with Gasteiger partial charge in [0.25, 0.3) is 0 Å². The summed E-state index contributed by atoms with van der Waals surface area (Å²) in [5.74, 6) is 0. The van der Waals surface area contributed by atoms with E-state index in [0.717, 1.165) is 0 Å². The van der Waals surface area contributed by atoms with Gasteiger partial charge in [0, 0.05) is 0 Å². The average molecular weight is 368 g/mol. The van der Waals surface area contributed by atoms with Crippen LogP contribution in [0.4, 0.5) is 0 Å². The molecule has 0 fully saturated rings. The fourth-order valence-electron chi connectivity index (χ4n) is 0. The molecule has 0 heterocycles. The first kappa shape index (κ1) is 521.